The lowest BCUT2D eigenvalue weighted by molar-refractivity contribution is 0.977. The van der Waals surface area contributed by atoms with Crippen LogP contribution in [0.3, 0.4) is 0 Å². The zero-order valence-electron chi connectivity index (χ0n) is 7.11. The Kier molecular flexibility index (Phi) is 3.44. The largest absolute Gasteiger partial charge is 0.360 e. The number of hydrogen-bond acceptors (Lipinski definition) is 6. The van der Waals surface area contributed by atoms with E-state index >= 15 is 0 Å². The lowest BCUT2D eigenvalue weighted by atomic mass is 10.4. The average molecular weight is 291 g/mol. The highest BCUT2D eigenvalue weighted by atomic mass is 79.9. The Morgan fingerprint density at radius 1 is 1.43 bits per heavy atom. The summed E-state index contributed by atoms with van der Waals surface area (Å²) in [7, 11) is 0. The highest BCUT2D eigenvalue weighted by Crippen LogP contribution is 2.19. The van der Waals surface area contributed by atoms with Crippen molar-refractivity contribution in [3.63, 3.8) is 0 Å². The van der Waals surface area contributed by atoms with Crippen LogP contribution in [0.2, 0.25) is 0 Å². The molecule has 0 aromatic carbocycles. The maximum atomic E-state index is 4.19. The van der Waals surface area contributed by atoms with Gasteiger partial charge in [-0.25, -0.2) is 4.98 Å². The Hall–Kier alpha value is -0.530. The van der Waals surface area contributed by atoms with Gasteiger partial charge in [-0.3, -0.25) is 0 Å². The van der Waals surface area contributed by atoms with E-state index in [-0.39, 0.29) is 0 Å². The first kappa shape index (κ1) is 10.0. The van der Waals surface area contributed by atoms with Crippen molar-refractivity contribution in [3.05, 3.63) is 20.5 Å². The molecule has 0 aliphatic heterocycles. The molecule has 2 aromatic heterocycles. The van der Waals surface area contributed by atoms with E-state index in [0.717, 1.165) is 27.0 Å². The van der Waals surface area contributed by atoms with E-state index in [1.165, 1.54) is 11.3 Å². The van der Waals surface area contributed by atoms with Crippen molar-refractivity contribution in [1.82, 2.24) is 15.2 Å². The molecular formula is C7H7BrN4S2. The van der Waals surface area contributed by atoms with Crippen LogP contribution in [0.5, 0.6) is 0 Å². The smallest absolute Gasteiger partial charge is 0.206 e. The second-order valence-corrected chi connectivity index (χ2v) is 5.70. The van der Waals surface area contributed by atoms with Crippen LogP contribution in [0.25, 0.3) is 0 Å². The van der Waals surface area contributed by atoms with Crippen molar-refractivity contribution < 1.29 is 0 Å². The third-order valence-corrected chi connectivity index (χ3v) is 3.65. The lowest BCUT2D eigenvalue weighted by Crippen LogP contribution is -2.04. The summed E-state index contributed by atoms with van der Waals surface area (Å²) >= 11 is 6.42. The number of rotatable bonds is 4. The number of anilines is 1. The highest BCUT2D eigenvalue weighted by molar-refractivity contribution is 9.11. The second kappa shape index (κ2) is 4.81. The van der Waals surface area contributed by atoms with Gasteiger partial charge in [0.1, 0.15) is 0 Å². The van der Waals surface area contributed by atoms with E-state index in [4.69, 9.17) is 0 Å². The molecule has 0 aliphatic rings. The zero-order valence-corrected chi connectivity index (χ0v) is 10.3. The first-order valence-corrected chi connectivity index (χ1v) is 6.45. The Balaban J connectivity index is 1.78. The van der Waals surface area contributed by atoms with Gasteiger partial charge in [-0.15, -0.1) is 21.5 Å². The zero-order chi connectivity index (χ0) is 9.80. The summed E-state index contributed by atoms with van der Waals surface area (Å²) in [6.07, 6.45) is 2.75. The molecule has 4 nitrogen and oxygen atoms in total. The molecule has 0 saturated carbocycles. The molecule has 0 spiro atoms. The minimum absolute atomic E-state index is 0.800. The van der Waals surface area contributed by atoms with Gasteiger partial charge in [-0.1, -0.05) is 11.3 Å². The van der Waals surface area contributed by atoms with Gasteiger partial charge in [0.15, 0.2) is 3.92 Å². The van der Waals surface area contributed by atoms with Crippen LogP contribution in [0.15, 0.2) is 15.5 Å². The third-order valence-electron chi connectivity index (χ3n) is 1.50. The van der Waals surface area contributed by atoms with Gasteiger partial charge in [0.05, 0.1) is 5.01 Å². The van der Waals surface area contributed by atoms with E-state index in [0.29, 0.717) is 0 Å². The van der Waals surface area contributed by atoms with Crippen LogP contribution in [0.4, 0.5) is 5.13 Å². The molecule has 0 saturated heterocycles. The highest BCUT2D eigenvalue weighted by Gasteiger charge is 2.00. The molecule has 0 fully saturated rings. The van der Waals surface area contributed by atoms with Crippen LogP contribution in [0, 0.1) is 0 Å². The van der Waals surface area contributed by atoms with Crippen molar-refractivity contribution in [3.8, 4) is 0 Å². The van der Waals surface area contributed by atoms with Crippen molar-refractivity contribution in [2.75, 3.05) is 11.9 Å². The molecule has 0 aliphatic carbocycles. The van der Waals surface area contributed by atoms with Crippen molar-refractivity contribution in [1.29, 1.82) is 0 Å². The summed E-state index contributed by atoms with van der Waals surface area (Å²) in [5.74, 6) is 0. The van der Waals surface area contributed by atoms with Crippen LogP contribution in [-0.4, -0.2) is 21.7 Å². The molecule has 14 heavy (non-hydrogen) atoms. The number of aromatic nitrogens is 3. The SMILES string of the molecule is Brc1nnc(NCCc2nccs2)s1. The second-order valence-electron chi connectivity index (χ2n) is 2.46. The maximum absolute atomic E-state index is 4.19. The summed E-state index contributed by atoms with van der Waals surface area (Å²) in [4.78, 5) is 4.19. The van der Waals surface area contributed by atoms with Crippen LogP contribution in [-0.2, 0) is 6.42 Å². The van der Waals surface area contributed by atoms with Crippen LogP contribution >= 0.6 is 38.6 Å². The predicted octanol–water partition coefficient (Wildman–Crippen LogP) is 2.41. The fraction of sp³-hybridized carbons (Fsp3) is 0.286. The average Bonchev–Trinajstić information content (AvgIpc) is 2.77. The Morgan fingerprint density at radius 2 is 2.36 bits per heavy atom. The molecular weight excluding hydrogens is 284 g/mol. The first-order valence-electron chi connectivity index (χ1n) is 3.96. The van der Waals surface area contributed by atoms with E-state index in [1.54, 1.807) is 11.3 Å². The van der Waals surface area contributed by atoms with Crippen molar-refractivity contribution >= 4 is 43.7 Å². The van der Waals surface area contributed by atoms with Crippen molar-refractivity contribution in [2.24, 2.45) is 0 Å². The lowest BCUT2D eigenvalue weighted by Gasteiger charge is -1.97. The maximum Gasteiger partial charge on any atom is 0.206 e. The quantitative estimate of drug-likeness (QED) is 0.940. The van der Waals surface area contributed by atoms with Gasteiger partial charge < -0.3 is 5.32 Å². The Morgan fingerprint density at radius 3 is 3.00 bits per heavy atom. The van der Waals surface area contributed by atoms with E-state index in [1.807, 2.05) is 11.6 Å². The van der Waals surface area contributed by atoms with Crippen molar-refractivity contribution in [2.45, 2.75) is 6.42 Å². The van der Waals surface area contributed by atoms with Gasteiger partial charge in [-0.05, 0) is 15.9 Å². The van der Waals surface area contributed by atoms with Crippen LogP contribution < -0.4 is 5.32 Å². The molecule has 0 amide bonds. The molecule has 2 heterocycles. The third kappa shape index (κ3) is 2.73. The molecule has 74 valence electrons. The molecule has 2 aromatic rings. The molecule has 0 bridgehead atoms. The Labute approximate surface area is 97.5 Å². The molecule has 0 radical (unpaired) electrons. The van der Waals surface area contributed by atoms with E-state index in [9.17, 15) is 0 Å². The summed E-state index contributed by atoms with van der Waals surface area (Å²) in [5.41, 5.74) is 0. The summed E-state index contributed by atoms with van der Waals surface area (Å²) in [5, 5.41) is 14.9. The molecule has 1 N–H and O–H groups in total. The summed E-state index contributed by atoms with van der Waals surface area (Å²) in [6.45, 7) is 0.842. The normalized spacial score (nSPS) is 10.4. The minimum Gasteiger partial charge on any atom is -0.360 e. The first-order chi connectivity index (χ1) is 6.84. The van der Waals surface area contributed by atoms with Gasteiger partial charge >= 0.3 is 0 Å². The number of hydrogen-bond donors (Lipinski definition) is 1. The van der Waals surface area contributed by atoms with Gasteiger partial charge in [0.2, 0.25) is 5.13 Å². The van der Waals surface area contributed by atoms with Gasteiger partial charge in [0, 0.05) is 24.5 Å². The molecule has 0 atom stereocenters. The monoisotopic (exact) mass is 290 g/mol. The number of nitrogens with one attached hydrogen (secondary N) is 1. The van der Waals surface area contributed by atoms with Gasteiger partial charge in [-0.2, -0.15) is 0 Å². The standard InChI is InChI=1S/C7H7BrN4S2/c8-6-11-12-7(14-6)10-2-1-5-9-3-4-13-5/h3-4H,1-2H2,(H,10,12). The van der Waals surface area contributed by atoms with Crippen LogP contribution in [0.1, 0.15) is 5.01 Å². The minimum atomic E-state index is 0.800. The van der Waals surface area contributed by atoms with E-state index < -0.39 is 0 Å². The number of thiazole rings is 1. The van der Waals surface area contributed by atoms with E-state index in [2.05, 4.69) is 36.4 Å². The topological polar surface area (TPSA) is 50.7 Å². The number of halogens is 1. The fourth-order valence-corrected chi connectivity index (χ4v) is 2.59. The van der Waals surface area contributed by atoms with Gasteiger partial charge in [0.25, 0.3) is 0 Å². The summed E-state index contributed by atoms with van der Waals surface area (Å²) < 4.78 is 0.800. The molecule has 7 heteroatoms. The number of nitrogens with zero attached hydrogens (tertiary/aromatic N) is 3. The predicted molar refractivity (Wildman–Crippen MR) is 61.9 cm³/mol. The summed E-state index contributed by atoms with van der Waals surface area (Å²) in [6, 6.07) is 0. The molecule has 2 rings (SSSR count). The Bertz CT molecular complexity index is 386. The fourth-order valence-electron chi connectivity index (χ4n) is 0.930. The molecule has 0 unspecified atom stereocenters.